The van der Waals surface area contributed by atoms with E-state index < -0.39 is 38.4 Å². The maximum absolute atomic E-state index is 13.8. The SMILES string of the molecule is [N-]=[N+]=Nc1ccc(C(=O)Nc2cc(F)c(F)c(F)c2)cc1S(=O)(=O)[C@H]1C2CCC1C1C3O[C@]31C2. The molecule has 4 fully saturated rings. The maximum Gasteiger partial charge on any atom is 0.255 e. The number of azide groups is 1. The largest absolute Gasteiger partial charge is 0.365 e. The molecule has 34 heavy (non-hydrogen) atoms. The molecular formula is C22H17F3N4O4S. The van der Waals surface area contributed by atoms with Crippen molar-refractivity contribution in [1.29, 1.82) is 0 Å². The molecule has 1 aliphatic heterocycles. The quantitative estimate of drug-likeness (QED) is 0.216. The smallest absolute Gasteiger partial charge is 0.255 e. The molecule has 0 radical (unpaired) electrons. The number of nitrogens with one attached hydrogen (secondary N) is 1. The summed E-state index contributed by atoms with van der Waals surface area (Å²) >= 11 is 0. The number of halogens is 3. The highest BCUT2D eigenvalue weighted by molar-refractivity contribution is 7.92. The van der Waals surface area contributed by atoms with Gasteiger partial charge < -0.3 is 10.1 Å². The summed E-state index contributed by atoms with van der Waals surface area (Å²) in [4.78, 5) is 15.2. The molecule has 1 heterocycles. The molecule has 3 saturated carbocycles. The fraction of sp³-hybridized carbons (Fsp3) is 0.409. The number of benzene rings is 2. The molecule has 176 valence electrons. The van der Waals surface area contributed by atoms with Gasteiger partial charge in [-0.25, -0.2) is 21.6 Å². The molecule has 1 spiro atoms. The average molecular weight is 490 g/mol. The van der Waals surface area contributed by atoms with Crippen molar-refractivity contribution in [3.05, 3.63) is 63.8 Å². The zero-order valence-corrected chi connectivity index (χ0v) is 18.2. The molecule has 4 aliphatic rings. The molecule has 6 atom stereocenters. The number of hydrogen-bond donors (Lipinski definition) is 1. The molecule has 4 unspecified atom stereocenters. The van der Waals surface area contributed by atoms with Crippen LogP contribution in [0.2, 0.25) is 0 Å². The monoisotopic (exact) mass is 490 g/mol. The molecule has 3 aliphatic carbocycles. The van der Waals surface area contributed by atoms with Crippen LogP contribution in [0.1, 0.15) is 29.6 Å². The number of sulfone groups is 1. The zero-order chi connectivity index (χ0) is 24.0. The van der Waals surface area contributed by atoms with E-state index in [2.05, 4.69) is 15.3 Å². The Morgan fingerprint density at radius 2 is 1.91 bits per heavy atom. The Bertz CT molecular complexity index is 1400. The Morgan fingerprint density at radius 1 is 1.18 bits per heavy atom. The zero-order valence-electron chi connectivity index (χ0n) is 17.4. The van der Waals surface area contributed by atoms with Gasteiger partial charge in [-0.05, 0) is 48.8 Å². The van der Waals surface area contributed by atoms with Crippen LogP contribution in [0, 0.1) is 35.2 Å². The van der Waals surface area contributed by atoms with E-state index in [0.29, 0.717) is 18.6 Å². The molecular weight excluding hydrogens is 473 g/mol. The lowest BCUT2D eigenvalue weighted by molar-refractivity contribution is 0.0824. The Balaban J connectivity index is 1.35. The van der Waals surface area contributed by atoms with Gasteiger partial charge in [-0.3, -0.25) is 4.79 Å². The second-order valence-electron chi connectivity index (χ2n) is 9.31. The fourth-order valence-corrected chi connectivity index (χ4v) is 8.64. The molecule has 2 aromatic carbocycles. The van der Waals surface area contributed by atoms with E-state index >= 15 is 0 Å². The van der Waals surface area contributed by atoms with Crippen molar-refractivity contribution in [3.8, 4) is 0 Å². The number of nitrogens with zero attached hydrogens (tertiary/aromatic N) is 3. The first-order valence-corrected chi connectivity index (χ1v) is 12.3. The number of carbonyl (C=O) groups is 1. The molecule has 1 amide bonds. The second kappa shape index (κ2) is 6.97. The highest BCUT2D eigenvalue weighted by atomic mass is 32.2. The van der Waals surface area contributed by atoms with E-state index in [1.165, 1.54) is 12.1 Å². The molecule has 2 aromatic rings. The summed E-state index contributed by atoms with van der Waals surface area (Å²) in [7, 11) is -3.98. The van der Waals surface area contributed by atoms with Crippen molar-refractivity contribution in [1.82, 2.24) is 0 Å². The molecule has 6 rings (SSSR count). The molecule has 1 saturated heterocycles. The third kappa shape index (κ3) is 2.92. The maximum atomic E-state index is 13.8. The summed E-state index contributed by atoms with van der Waals surface area (Å²) < 4.78 is 73.4. The molecule has 12 heteroatoms. The van der Waals surface area contributed by atoms with Gasteiger partial charge in [-0.15, -0.1) is 0 Å². The van der Waals surface area contributed by atoms with Gasteiger partial charge in [0.15, 0.2) is 27.3 Å². The summed E-state index contributed by atoms with van der Waals surface area (Å²) in [6, 6.07) is 4.79. The standard InChI is InChI=1S/C22H17F3N4O4S/c23-13-6-11(7-14(24)18(13)25)27-21(30)9-2-4-15(28-29-26)16(5-9)34(31,32)19-10-1-3-12(19)17-20-22(17,8-10)33-20/h2,4-7,10,12,17,19-20H,1,3,8H2,(H,27,30)/t10?,12?,17?,19-,20?,22-/m0/s1. The summed E-state index contributed by atoms with van der Waals surface area (Å²) in [6.07, 6.45) is 2.37. The highest BCUT2D eigenvalue weighted by Gasteiger charge is 2.87. The lowest BCUT2D eigenvalue weighted by Crippen LogP contribution is -2.40. The van der Waals surface area contributed by atoms with Gasteiger partial charge in [-0.2, -0.15) is 0 Å². The number of fused-ring (bicyclic) bond motifs is 4. The summed E-state index contributed by atoms with van der Waals surface area (Å²) in [6.45, 7) is 0. The van der Waals surface area contributed by atoms with Crippen molar-refractivity contribution in [3.63, 3.8) is 0 Å². The lowest BCUT2D eigenvalue weighted by atomic mass is 9.86. The molecule has 0 aromatic heterocycles. The van der Waals surface area contributed by atoms with Crippen LogP contribution in [0.4, 0.5) is 24.5 Å². The second-order valence-corrected chi connectivity index (χ2v) is 11.4. The summed E-state index contributed by atoms with van der Waals surface area (Å²) in [5, 5.41) is 5.08. The number of epoxide rings is 1. The first-order chi connectivity index (χ1) is 16.2. The van der Waals surface area contributed by atoms with E-state index in [1.807, 2.05) is 0 Å². The Kier molecular flexibility index (Phi) is 4.40. The van der Waals surface area contributed by atoms with Crippen molar-refractivity contribution in [2.24, 2.45) is 22.9 Å². The van der Waals surface area contributed by atoms with Gasteiger partial charge in [0, 0.05) is 34.2 Å². The lowest BCUT2D eigenvalue weighted by Gasteiger charge is -2.33. The number of anilines is 1. The van der Waals surface area contributed by atoms with Gasteiger partial charge in [0.25, 0.3) is 5.91 Å². The fourth-order valence-electron chi connectivity index (χ4n) is 6.15. The van der Waals surface area contributed by atoms with Crippen molar-refractivity contribution in [2.45, 2.75) is 41.1 Å². The first-order valence-electron chi connectivity index (χ1n) is 10.7. The normalized spacial score (nSPS) is 32.3. The van der Waals surface area contributed by atoms with E-state index in [9.17, 15) is 26.4 Å². The van der Waals surface area contributed by atoms with Crippen LogP contribution >= 0.6 is 0 Å². The van der Waals surface area contributed by atoms with E-state index in [4.69, 9.17) is 10.3 Å². The van der Waals surface area contributed by atoms with Gasteiger partial charge in [-0.1, -0.05) is 11.2 Å². The van der Waals surface area contributed by atoms with Gasteiger partial charge in [0.2, 0.25) is 0 Å². The molecule has 2 bridgehead atoms. The minimum absolute atomic E-state index is 0.0518. The van der Waals surface area contributed by atoms with Gasteiger partial charge >= 0.3 is 0 Å². The van der Waals surface area contributed by atoms with E-state index in [0.717, 1.165) is 18.9 Å². The van der Waals surface area contributed by atoms with E-state index in [-0.39, 0.29) is 51.3 Å². The molecule has 1 N–H and O–H groups in total. The van der Waals surface area contributed by atoms with Crippen molar-refractivity contribution in [2.75, 3.05) is 5.32 Å². The molecule has 8 nitrogen and oxygen atoms in total. The Labute approximate surface area is 191 Å². The predicted molar refractivity (Wildman–Crippen MR) is 112 cm³/mol. The minimum atomic E-state index is -3.98. The third-order valence-corrected chi connectivity index (χ3v) is 10.0. The van der Waals surface area contributed by atoms with Crippen LogP contribution in [-0.4, -0.2) is 31.3 Å². The number of carbonyl (C=O) groups excluding carboxylic acids is 1. The van der Waals surface area contributed by atoms with Crippen LogP contribution < -0.4 is 5.32 Å². The Hall–Kier alpha value is -3.08. The van der Waals surface area contributed by atoms with Crippen molar-refractivity contribution < 1.29 is 31.1 Å². The van der Waals surface area contributed by atoms with Crippen LogP contribution in [-0.2, 0) is 14.6 Å². The predicted octanol–water partition coefficient (Wildman–Crippen LogP) is 4.64. The van der Waals surface area contributed by atoms with Crippen LogP contribution in [0.3, 0.4) is 0 Å². The number of amides is 1. The number of ether oxygens (including phenoxy) is 1. The third-order valence-electron chi connectivity index (χ3n) is 7.63. The van der Waals surface area contributed by atoms with Crippen molar-refractivity contribution >= 4 is 27.1 Å². The Morgan fingerprint density at radius 3 is 2.59 bits per heavy atom. The number of rotatable bonds is 5. The summed E-state index contributed by atoms with van der Waals surface area (Å²) in [5.41, 5.74) is 8.21. The highest BCUT2D eigenvalue weighted by Crippen LogP contribution is 2.77. The number of hydrogen-bond acceptors (Lipinski definition) is 5. The van der Waals surface area contributed by atoms with Gasteiger partial charge in [0.1, 0.15) is 5.60 Å². The topological polar surface area (TPSA) is 125 Å². The summed E-state index contributed by atoms with van der Waals surface area (Å²) in [5.74, 6) is -5.41. The van der Waals surface area contributed by atoms with Gasteiger partial charge in [0.05, 0.1) is 21.9 Å². The van der Waals surface area contributed by atoms with Crippen LogP contribution in [0.25, 0.3) is 10.4 Å². The van der Waals surface area contributed by atoms with E-state index in [1.54, 1.807) is 0 Å². The van der Waals surface area contributed by atoms with Crippen LogP contribution in [0.5, 0.6) is 0 Å². The van der Waals surface area contributed by atoms with Crippen LogP contribution in [0.15, 0.2) is 40.3 Å². The average Bonchev–Trinajstić information content (AvgIpc) is 3.60. The minimum Gasteiger partial charge on any atom is -0.365 e. The first kappa shape index (κ1) is 21.5.